The molecule has 1 aromatic carbocycles. The van der Waals surface area contributed by atoms with Crippen molar-refractivity contribution >= 4 is 29.8 Å². The molecule has 4 N–H and O–H groups in total. The molecule has 1 heterocycles. The number of carbonyl (C=O) groups is 4. The number of carbonyl (C=O) groups excluding carboxylic acids is 4. The number of rotatable bonds is 11. The van der Waals surface area contributed by atoms with E-state index in [-0.39, 0.29) is 18.3 Å². The highest BCUT2D eigenvalue weighted by molar-refractivity contribution is 6.05. The number of imide groups is 1. The number of allylic oxidation sites excluding steroid dienone is 1. The molecule has 180 valence electrons. The molecule has 1 fully saturated rings. The van der Waals surface area contributed by atoms with Gasteiger partial charge in [0.1, 0.15) is 6.04 Å². The van der Waals surface area contributed by atoms with Gasteiger partial charge in [0, 0.05) is 0 Å². The molecular weight excluding hydrogens is 424 g/mol. The van der Waals surface area contributed by atoms with Gasteiger partial charge in [0.25, 0.3) is 5.91 Å². The van der Waals surface area contributed by atoms with Crippen molar-refractivity contribution in [3.8, 4) is 0 Å². The van der Waals surface area contributed by atoms with E-state index in [9.17, 15) is 24.4 Å². The molecule has 2 unspecified atom stereocenters. The van der Waals surface area contributed by atoms with E-state index in [0.717, 1.165) is 5.56 Å². The van der Waals surface area contributed by atoms with Crippen molar-refractivity contribution in [2.75, 3.05) is 0 Å². The predicted molar refractivity (Wildman–Crippen MR) is 123 cm³/mol. The summed E-state index contributed by atoms with van der Waals surface area (Å²) in [6.45, 7) is 7.56. The number of hydrazine groups is 1. The summed E-state index contributed by atoms with van der Waals surface area (Å²) in [6.07, 6.45) is 4.78. The molecule has 0 bridgehead atoms. The molecule has 1 aliphatic heterocycles. The smallest absolute Gasteiger partial charge is 0.324 e. The van der Waals surface area contributed by atoms with Crippen LogP contribution in [0, 0.1) is 23.7 Å². The fourth-order valence-corrected chi connectivity index (χ4v) is 3.83. The molecule has 9 heteroatoms. The summed E-state index contributed by atoms with van der Waals surface area (Å²) in [5.74, 6) is -3.68. The van der Waals surface area contributed by atoms with Gasteiger partial charge in [0.2, 0.25) is 11.8 Å². The van der Waals surface area contributed by atoms with Crippen LogP contribution in [-0.2, 0) is 14.4 Å². The molecule has 1 aromatic rings. The number of urea groups is 1. The summed E-state index contributed by atoms with van der Waals surface area (Å²) in [7, 11) is 0. The Hall–Kier alpha value is -3.20. The van der Waals surface area contributed by atoms with Crippen LogP contribution in [0.3, 0.4) is 0 Å². The highest BCUT2D eigenvalue weighted by atomic mass is 16.5. The van der Waals surface area contributed by atoms with Crippen LogP contribution < -0.4 is 16.2 Å². The lowest BCUT2D eigenvalue weighted by atomic mass is 9.82. The molecule has 33 heavy (non-hydrogen) atoms. The second-order valence-electron chi connectivity index (χ2n) is 8.83. The molecule has 0 aromatic heterocycles. The summed E-state index contributed by atoms with van der Waals surface area (Å²) in [5.41, 5.74) is 4.99. The summed E-state index contributed by atoms with van der Waals surface area (Å²) in [5, 5.41) is 12.6. The van der Waals surface area contributed by atoms with E-state index in [2.05, 4.69) is 10.7 Å². The molecular formula is C24H34N4O5. The van der Waals surface area contributed by atoms with E-state index >= 15 is 0 Å². The summed E-state index contributed by atoms with van der Waals surface area (Å²) in [4.78, 5) is 50.7. The molecule has 0 radical (unpaired) electrons. The maximum atomic E-state index is 13.2. The summed E-state index contributed by atoms with van der Waals surface area (Å²) < 4.78 is 0. The predicted octanol–water partition coefficient (Wildman–Crippen LogP) is 2.87. The molecule has 5 amide bonds. The molecule has 2 rings (SSSR count). The fraction of sp³-hybridized carbons (Fsp3) is 0.500. The number of nitrogens with zero attached hydrogens (tertiary/aromatic N) is 1. The van der Waals surface area contributed by atoms with Crippen molar-refractivity contribution in [2.24, 2.45) is 23.7 Å². The molecule has 0 saturated carbocycles. The Morgan fingerprint density at radius 3 is 2.36 bits per heavy atom. The zero-order valence-corrected chi connectivity index (χ0v) is 19.6. The molecule has 1 saturated heterocycles. The van der Waals surface area contributed by atoms with Crippen molar-refractivity contribution < 1.29 is 24.4 Å². The van der Waals surface area contributed by atoms with Gasteiger partial charge in [-0.25, -0.2) is 10.3 Å². The van der Waals surface area contributed by atoms with Crippen molar-refractivity contribution in [2.45, 2.75) is 53.0 Å². The third-order valence-electron chi connectivity index (χ3n) is 5.90. The lowest BCUT2D eigenvalue weighted by molar-refractivity contribution is -0.144. The minimum Gasteiger partial charge on any atom is -0.324 e. The zero-order valence-electron chi connectivity index (χ0n) is 19.6. The maximum Gasteiger partial charge on any atom is 0.344 e. The van der Waals surface area contributed by atoms with Crippen LogP contribution in [0.5, 0.6) is 0 Å². The van der Waals surface area contributed by atoms with E-state index in [0.29, 0.717) is 17.9 Å². The average Bonchev–Trinajstić information content (AvgIpc) is 3.08. The van der Waals surface area contributed by atoms with E-state index in [1.165, 1.54) is 0 Å². The summed E-state index contributed by atoms with van der Waals surface area (Å²) in [6, 6.07) is 8.06. The second-order valence-corrected chi connectivity index (χ2v) is 8.83. The molecule has 4 atom stereocenters. The fourth-order valence-electron chi connectivity index (χ4n) is 3.83. The van der Waals surface area contributed by atoms with Crippen LogP contribution in [0.15, 0.2) is 36.4 Å². The number of hydrogen-bond donors (Lipinski definition) is 4. The standard InChI is InChI=1S/C24H34N4O5/c1-5-16(4)20-23(31)28(24(32)25-20)26-21(29)19(14-15(2)3)18(22(30)27-33)13-9-12-17-10-7-6-8-11-17/h6-12,15-16,18-20,33H,5,13-14H2,1-4H3,(H,25,32)(H,26,29)(H,27,30)/b12-9+/t16-,18?,19+,20?/m0/s1. The lowest BCUT2D eigenvalue weighted by Crippen LogP contribution is -2.51. The highest BCUT2D eigenvalue weighted by Crippen LogP contribution is 2.26. The van der Waals surface area contributed by atoms with Crippen molar-refractivity contribution in [1.82, 2.24) is 21.2 Å². The Morgan fingerprint density at radius 2 is 1.79 bits per heavy atom. The first kappa shape index (κ1) is 26.1. The van der Waals surface area contributed by atoms with Gasteiger partial charge in [-0.1, -0.05) is 76.6 Å². The van der Waals surface area contributed by atoms with Gasteiger partial charge in [-0.15, -0.1) is 0 Å². The third-order valence-corrected chi connectivity index (χ3v) is 5.90. The lowest BCUT2D eigenvalue weighted by Gasteiger charge is -2.27. The monoisotopic (exact) mass is 458 g/mol. The largest absolute Gasteiger partial charge is 0.344 e. The molecule has 1 aliphatic rings. The number of hydrogen-bond acceptors (Lipinski definition) is 5. The first-order valence-corrected chi connectivity index (χ1v) is 11.3. The van der Waals surface area contributed by atoms with E-state index in [1.54, 1.807) is 11.6 Å². The Balaban J connectivity index is 2.22. The van der Waals surface area contributed by atoms with E-state index in [4.69, 9.17) is 0 Å². The maximum absolute atomic E-state index is 13.2. The van der Waals surface area contributed by atoms with Gasteiger partial charge in [-0.3, -0.25) is 25.0 Å². The van der Waals surface area contributed by atoms with Crippen LogP contribution in [0.4, 0.5) is 4.79 Å². The van der Waals surface area contributed by atoms with Crippen molar-refractivity contribution in [3.05, 3.63) is 42.0 Å². The van der Waals surface area contributed by atoms with Gasteiger partial charge in [-0.2, -0.15) is 5.01 Å². The van der Waals surface area contributed by atoms with E-state index in [1.807, 2.05) is 64.1 Å². The summed E-state index contributed by atoms with van der Waals surface area (Å²) >= 11 is 0. The van der Waals surface area contributed by atoms with Crippen LogP contribution in [0.1, 0.15) is 52.5 Å². The normalized spacial score (nSPS) is 18.8. The van der Waals surface area contributed by atoms with Crippen molar-refractivity contribution in [3.63, 3.8) is 0 Å². The zero-order chi connectivity index (χ0) is 24.5. The van der Waals surface area contributed by atoms with Gasteiger partial charge >= 0.3 is 6.03 Å². The van der Waals surface area contributed by atoms with Gasteiger partial charge in [0.15, 0.2) is 0 Å². The topological polar surface area (TPSA) is 128 Å². The van der Waals surface area contributed by atoms with Crippen LogP contribution >= 0.6 is 0 Å². The van der Waals surface area contributed by atoms with Gasteiger partial charge in [-0.05, 0) is 30.2 Å². The van der Waals surface area contributed by atoms with Crippen LogP contribution in [-0.4, -0.2) is 40.0 Å². The Kier molecular flexibility index (Phi) is 9.59. The minimum absolute atomic E-state index is 0.0452. The first-order chi connectivity index (χ1) is 15.7. The average molecular weight is 459 g/mol. The number of nitrogens with one attached hydrogen (secondary N) is 3. The number of amides is 5. The van der Waals surface area contributed by atoms with Gasteiger partial charge < -0.3 is 5.32 Å². The number of benzene rings is 1. The van der Waals surface area contributed by atoms with Crippen LogP contribution in [0.2, 0.25) is 0 Å². The minimum atomic E-state index is -0.900. The SMILES string of the molecule is CC[C@H](C)C1NC(=O)N(NC(=O)[C@H](CC(C)C)C(C/C=C/c2ccccc2)C(=O)NO)C1=O. The first-order valence-electron chi connectivity index (χ1n) is 11.3. The Bertz CT molecular complexity index is 871. The molecule has 9 nitrogen and oxygen atoms in total. The Labute approximate surface area is 194 Å². The quantitative estimate of drug-likeness (QED) is 0.230. The van der Waals surface area contributed by atoms with E-state index < -0.39 is 41.6 Å². The molecule has 0 aliphatic carbocycles. The van der Waals surface area contributed by atoms with Crippen LogP contribution in [0.25, 0.3) is 6.08 Å². The van der Waals surface area contributed by atoms with Crippen molar-refractivity contribution in [1.29, 1.82) is 0 Å². The van der Waals surface area contributed by atoms with Gasteiger partial charge in [0.05, 0.1) is 11.8 Å². The Morgan fingerprint density at radius 1 is 1.12 bits per heavy atom. The highest BCUT2D eigenvalue weighted by Gasteiger charge is 2.43. The molecule has 0 spiro atoms. The third kappa shape index (κ3) is 6.89. The second kappa shape index (κ2) is 12.2. The number of hydroxylamine groups is 1.